The van der Waals surface area contributed by atoms with E-state index in [4.69, 9.17) is 4.74 Å². The lowest BCUT2D eigenvalue weighted by atomic mass is 9.84. The second kappa shape index (κ2) is 5.41. The first-order valence-corrected chi connectivity index (χ1v) is 6.23. The van der Waals surface area contributed by atoms with Gasteiger partial charge in [0.15, 0.2) is 0 Å². The van der Waals surface area contributed by atoms with Gasteiger partial charge in [0, 0.05) is 0 Å². The molecule has 0 aliphatic carbocycles. The first kappa shape index (κ1) is 13.6. The maximum atomic E-state index is 13.4. The molecule has 0 aliphatic rings. The van der Waals surface area contributed by atoms with Gasteiger partial charge < -0.3 is 9.84 Å². The van der Waals surface area contributed by atoms with Gasteiger partial charge in [-0.3, -0.25) is 0 Å². The zero-order chi connectivity index (χ0) is 13.9. The smallest absolute Gasteiger partial charge is 0.123 e. The van der Waals surface area contributed by atoms with Gasteiger partial charge in [-0.05, 0) is 41.8 Å². The monoisotopic (exact) mass is 260 g/mol. The van der Waals surface area contributed by atoms with E-state index >= 15 is 0 Å². The van der Waals surface area contributed by atoms with Crippen LogP contribution in [0.5, 0.6) is 5.75 Å². The summed E-state index contributed by atoms with van der Waals surface area (Å²) in [4.78, 5) is 0. The predicted molar refractivity (Wildman–Crippen MR) is 72.7 cm³/mol. The molecule has 3 heteroatoms. The summed E-state index contributed by atoms with van der Waals surface area (Å²) in [6, 6.07) is 13.3. The van der Waals surface area contributed by atoms with E-state index < -0.39 is 5.60 Å². The number of methoxy groups -OCH3 is 1. The third kappa shape index (κ3) is 2.61. The summed E-state index contributed by atoms with van der Waals surface area (Å²) >= 11 is 0. The van der Waals surface area contributed by atoms with Crippen molar-refractivity contribution >= 4 is 0 Å². The van der Waals surface area contributed by atoms with E-state index in [2.05, 4.69) is 0 Å². The van der Waals surface area contributed by atoms with Crippen molar-refractivity contribution in [3.05, 3.63) is 65.5 Å². The molecule has 2 aromatic carbocycles. The van der Waals surface area contributed by atoms with Crippen molar-refractivity contribution in [1.82, 2.24) is 0 Å². The van der Waals surface area contributed by atoms with Crippen molar-refractivity contribution in [2.45, 2.75) is 18.9 Å². The van der Waals surface area contributed by atoms with Crippen LogP contribution in [0.4, 0.5) is 4.39 Å². The van der Waals surface area contributed by atoms with Crippen LogP contribution in [0.15, 0.2) is 48.5 Å². The van der Waals surface area contributed by atoms with Gasteiger partial charge in [-0.15, -0.1) is 0 Å². The van der Waals surface area contributed by atoms with Gasteiger partial charge in [-0.25, -0.2) is 4.39 Å². The molecule has 2 nitrogen and oxygen atoms in total. The zero-order valence-corrected chi connectivity index (χ0v) is 11.1. The van der Waals surface area contributed by atoms with Crippen molar-refractivity contribution in [1.29, 1.82) is 0 Å². The molecular weight excluding hydrogens is 243 g/mol. The van der Waals surface area contributed by atoms with E-state index in [1.54, 1.807) is 25.3 Å². The van der Waals surface area contributed by atoms with Gasteiger partial charge in [0.05, 0.1) is 7.11 Å². The quantitative estimate of drug-likeness (QED) is 0.912. The summed E-state index contributed by atoms with van der Waals surface area (Å²) in [7, 11) is 1.58. The van der Waals surface area contributed by atoms with Crippen molar-refractivity contribution < 1.29 is 14.2 Å². The van der Waals surface area contributed by atoms with Gasteiger partial charge in [0.25, 0.3) is 0 Å². The highest BCUT2D eigenvalue weighted by Crippen LogP contribution is 2.34. The average Bonchev–Trinajstić information content (AvgIpc) is 2.46. The summed E-state index contributed by atoms with van der Waals surface area (Å²) in [5.41, 5.74) is 0.0274. The van der Waals surface area contributed by atoms with Crippen LogP contribution >= 0.6 is 0 Å². The van der Waals surface area contributed by atoms with Gasteiger partial charge in [-0.2, -0.15) is 0 Å². The Morgan fingerprint density at radius 1 is 1.11 bits per heavy atom. The van der Waals surface area contributed by atoms with Crippen molar-refractivity contribution in [3.8, 4) is 5.75 Å². The highest BCUT2D eigenvalue weighted by Gasteiger charge is 2.30. The second-order valence-electron chi connectivity index (χ2n) is 4.46. The molecule has 1 unspecified atom stereocenters. The number of rotatable bonds is 4. The molecule has 0 bridgehead atoms. The molecule has 0 radical (unpaired) electrons. The van der Waals surface area contributed by atoms with Crippen LogP contribution in [0.25, 0.3) is 0 Å². The fraction of sp³-hybridized carbons (Fsp3) is 0.250. The first-order valence-electron chi connectivity index (χ1n) is 6.23. The third-order valence-electron chi connectivity index (χ3n) is 3.36. The minimum absolute atomic E-state index is 0.354. The Balaban J connectivity index is 2.52. The third-order valence-corrected chi connectivity index (χ3v) is 3.36. The van der Waals surface area contributed by atoms with Crippen molar-refractivity contribution in [2.24, 2.45) is 0 Å². The minimum atomic E-state index is -1.21. The maximum absolute atomic E-state index is 13.4. The number of ether oxygens (including phenoxy) is 1. The first-order chi connectivity index (χ1) is 9.10. The van der Waals surface area contributed by atoms with Gasteiger partial charge in [0.2, 0.25) is 0 Å². The summed E-state index contributed by atoms with van der Waals surface area (Å²) in [5.74, 6) is 0.313. The molecule has 2 aromatic rings. The van der Waals surface area contributed by atoms with Crippen LogP contribution in [0.1, 0.15) is 24.5 Å². The van der Waals surface area contributed by atoms with E-state index in [-0.39, 0.29) is 5.82 Å². The maximum Gasteiger partial charge on any atom is 0.123 e. The summed E-state index contributed by atoms with van der Waals surface area (Å²) in [6.07, 6.45) is 0.448. The average molecular weight is 260 g/mol. The topological polar surface area (TPSA) is 29.5 Å². The summed E-state index contributed by atoms with van der Waals surface area (Å²) < 4.78 is 18.5. The van der Waals surface area contributed by atoms with E-state index in [0.717, 1.165) is 0 Å². The van der Waals surface area contributed by atoms with E-state index in [0.29, 0.717) is 23.3 Å². The van der Waals surface area contributed by atoms with E-state index in [1.807, 2.05) is 25.1 Å². The molecule has 0 heterocycles. The molecule has 19 heavy (non-hydrogen) atoms. The highest BCUT2D eigenvalue weighted by molar-refractivity contribution is 5.39. The van der Waals surface area contributed by atoms with Crippen molar-refractivity contribution in [3.63, 3.8) is 0 Å². The SMILES string of the molecule is CCC(O)(c1cccc(F)c1)c1cccc(OC)c1. The molecule has 1 N–H and O–H groups in total. The molecular formula is C16H17FO2. The Labute approximate surface area is 112 Å². The predicted octanol–water partition coefficient (Wildman–Crippen LogP) is 3.48. The molecule has 0 spiro atoms. The molecule has 1 atom stereocenters. The fourth-order valence-electron chi connectivity index (χ4n) is 2.20. The molecule has 0 aliphatic heterocycles. The number of hydrogen-bond donors (Lipinski definition) is 1. The Kier molecular flexibility index (Phi) is 3.86. The minimum Gasteiger partial charge on any atom is -0.497 e. The van der Waals surface area contributed by atoms with Crippen LogP contribution in [-0.2, 0) is 5.60 Å². The van der Waals surface area contributed by atoms with Crippen LogP contribution in [0.3, 0.4) is 0 Å². The molecule has 0 aromatic heterocycles. The number of benzene rings is 2. The van der Waals surface area contributed by atoms with Crippen LogP contribution in [-0.4, -0.2) is 12.2 Å². The van der Waals surface area contributed by atoms with Gasteiger partial charge in [-0.1, -0.05) is 31.2 Å². The molecule has 0 fully saturated rings. The van der Waals surface area contributed by atoms with Crippen LogP contribution < -0.4 is 4.74 Å². The lowest BCUT2D eigenvalue weighted by Gasteiger charge is -2.28. The molecule has 2 rings (SSSR count). The Morgan fingerprint density at radius 2 is 1.74 bits per heavy atom. The Hall–Kier alpha value is -1.87. The normalized spacial score (nSPS) is 13.9. The lowest BCUT2D eigenvalue weighted by molar-refractivity contribution is 0.0759. The van der Waals surface area contributed by atoms with Crippen LogP contribution in [0, 0.1) is 5.82 Å². The number of aliphatic hydroxyl groups is 1. The molecule has 0 amide bonds. The van der Waals surface area contributed by atoms with Gasteiger partial charge in [0.1, 0.15) is 17.2 Å². The highest BCUT2D eigenvalue weighted by atomic mass is 19.1. The second-order valence-corrected chi connectivity index (χ2v) is 4.46. The summed E-state index contributed by atoms with van der Waals surface area (Å²) in [5, 5.41) is 10.9. The molecule has 100 valence electrons. The molecule has 0 saturated heterocycles. The van der Waals surface area contributed by atoms with E-state index in [9.17, 15) is 9.50 Å². The number of hydrogen-bond acceptors (Lipinski definition) is 2. The Morgan fingerprint density at radius 3 is 2.32 bits per heavy atom. The number of halogens is 1. The molecule has 0 saturated carbocycles. The van der Waals surface area contributed by atoms with E-state index in [1.165, 1.54) is 12.1 Å². The Bertz CT molecular complexity index is 568. The van der Waals surface area contributed by atoms with Gasteiger partial charge >= 0.3 is 0 Å². The van der Waals surface area contributed by atoms with Crippen molar-refractivity contribution in [2.75, 3.05) is 7.11 Å². The largest absolute Gasteiger partial charge is 0.497 e. The zero-order valence-electron chi connectivity index (χ0n) is 11.1. The fourth-order valence-corrected chi connectivity index (χ4v) is 2.20. The summed E-state index contributed by atoms with van der Waals surface area (Å²) in [6.45, 7) is 1.87. The lowest BCUT2D eigenvalue weighted by Crippen LogP contribution is -2.26. The standard InChI is InChI=1S/C16H17FO2/c1-3-16(18,12-6-4-8-14(17)10-12)13-7-5-9-15(11-13)19-2/h4-11,18H,3H2,1-2H3. The van der Waals surface area contributed by atoms with Crippen LogP contribution in [0.2, 0.25) is 0 Å².